The second-order valence-corrected chi connectivity index (χ2v) is 2.51. The monoisotopic (exact) mass is 170 g/mol. The van der Waals surface area contributed by atoms with Crippen molar-refractivity contribution in [1.29, 1.82) is 0 Å². The number of hydrogen-bond acceptors (Lipinski definition) is 2. The van der Waals surface area contributed by atoms with Crippen molar-refractivity contribution in [3.8, 4) is 5.88 Å². The minimum Gasteiger partial charge on any atom is -0.445 e. The Bertz CT molecular complexity index is 317. The molecule has 0 atom stereocenters. The van der Waals surface area contributed by atoms with Gasteiger partial charge in [0.1, 0.15) is 0 Å². The third-order valence-electron chi connectivity index (χ3n) is 1.77. The van der Waals surface area contributed by atoms with Gasteiger partial charge in [-0.25, -0.2) is 0 Å². The standard InChI is InChI=1S/C7H11N3O2/c1-9-4-5(6(8)11)7(12-3)10(9)2/h4H,1-3H3,(H-,8,11)/p+1. The van der Waals surface area contributed by atoms with Crippen molar-refractivity contribution in [1.82, 2.24) is 4.68 Å². The second-order valence-electron chi connectivity index (χ2n) is 2.51. The van der Waals surface area contributed by atoms with E-state index >= 15 is 0 Å². The van der Waals surface area contributed by atoms with E-state index in [0.29, 0.717) is 11.4 Å². The minimum atomic E-state index is -0.483. The first-order chi connectivity index (χ1) is 5.57. The maximum Gasteiger partial charge on any atom is 0.406 e. The SMILES string of the molecule is COc1c(C(N)=O)cn(C)[n+]1C. The first-order valence-corrected chi connectivity index (χ1v) is 3.47. The lowest BCUT2D eigenvalue weighted by molar-refractivity contribution is -0.754. The molecule has 0 aliphatic heterocycles. The fourth-order valence-corrected chi connectivity index (χ4v) is 1.06. The first-order valence-electron chi connectivity index (χ1n) is 3.47. The summed E-state index contributed by atoms with van der Waals surface area (Å²) >= 11 is 0. The van der Waals surface area contributed by atoms with E-state index in [9.17, 15) is 4.79 Å². The number of carbonyl (C=O) groups excluding carboxylic acids is 1. The average Bonchev–Trinajstić information content (AvgIpc) is 2.29. The molecule has 1 amide bonds. The van der Waals surface area contributed by atoms with Crippen molar-refractivity contribution in [2.24, 2.45) is 19.8 Å². The van der Waals surface area contributed by atoms with Gasteiger partial charge in [0.25, 0.3) is 5.91 Å². The third-order valence-corrected chi connectivity index (χ3v) is 1.77. The Morgan fingerprint density at radius 3 is 2.67 bits per heavy atom. The fourth-order valence-electron chi connectivity index (χ4n) is 1.06. The number of amides is 1. The topological polar surface area (TPSA) is 61.1 Å². The summed E-state index contributed by atoms with van der Waals surface area (Å²) in [5, 5.41) is 0. The largest absolute Gasteiger partial charge is 0.445 e. The number of aromatic nitrogens is 2. The van der Waals surface area contributed by atoms with Crippen LogP contribution in [0.5, 0.6) is 5.88 Å². The van der Waals surface area contributed by atoms with Crippen LogP contribution in [0.15, 0.2) is 6.20 Å². The Morgan fingerprint density at radius 1 is 1.75 bits per heavy atom. The highest BCUT2D eigenvalue weighted by Gasteiger charge is 2.23. The van der Waals surface area contributed by atoms with Crippen molar-refractivity contribution in [2.45, 2.75) is 0 Å². The summed E-state index contributed by atoms with van der Waals surface area (Å²) < 4.78 is 8.42. The van der Waals surface area contributed by atoms with Gasteiger partial charge >= 0.3 is 5.88 Å². The Kier molecular flexibility index (Phi) is 2.03. The van der Waals surface area contributed by atoms with Gasteiger partial charge in [-0.05, 0) is 0 Å². The van der Waals surface area contributed by atoms with E-state index < -0.39 is 5.91 Å². The summed E-state index contributed by atoms with van der Waals surface area (Å²) in [5.41, 5.74) is 5.52. The Labute approximate surface area is 70.3 Å². The van der Waals surface area contributed by atoms with Crippen LogP contribution in [0.3, 0.4) is 0 Å². The number of hydrogen-bond donors (Lipinski definition) is 1. The summed E-state index contributed by atoms with van der Waals surface area (Å²) in [6.45, 7) is 0. The Morgan fingerprint density at radius 2 is 2.33 bits per heavy atom. The van der Waals surface area contributed by atoms with Gasteiger partial charge in [0, 0.05) is 0 Å². The maximum absolute atomic E-state index is 10.9. The Hall–Kier alpha value is -1.52. The van der Waals surface area contributed by atoms with Crippen LogP contribution in [0.2, 0.25) is 0 Å². The molecule has 0 saturated carbocycles. The van der Waals surface area contributed by atoms with Gasteiger partial charge in [0.05, 0.1) is 20.4 Å². The quantitative estimate of drug-likeness (QED) is 0.576. The van der Waals surface area contributed by atoms with E-state index in [1.807, 2.05) is 0 Å². The van der Waals surface area contributed by atoms with E-state index in [0.717, 1.165) is 0 Å². The molecule has 12 heavy (non-hydrogen) atoms. The summed E-state index contributed by atoms with van der Waals surface area (Å²) in [5.74, 6) is -0.00644. The summed E-state index contributed by atoms with van der Waals surface area (Å²) in [7, 11) is 5.09. The van der Waals surface area contributed by atoms with Crippen LogP contribution >= 0.6 is 0 Å². The van der Waals surface area contributed by atoms with Crippen molar-refractivity contribution in [2.75, 3.05) is 7.11 Å². The molecular weight excluding hydrogens is 158 g/mol. The van der Waals surface area contributed by atoms with Gasteiger partial charge in [0.2, 0.25) is 0 Å². The van der Waals surface area contributed by atoms with Gasteiger partial charge in [-0.3, -0.25) is 4.79 Å². The number of rotatable bonds is 2. The van der Waals surface area contributed by atoms with Gasteiger partial charge in [-0.15, -0.1) is 0 Å². The predicted molar refractivity (Wildman–Crippen MR) is 41.7 cm³/mol. The smallest absolute Gasteiger partial charge is 0.406 e. The summed E-state index contributed by atoms with van der Waals surface area (Å²) in [4.78, 5) is 10.9. The molecule has 0 saturated heterocycles. The normalized spacial score (nSPS) is 9.92. The van der Waals surface area contributed by atoms with E-state index in [2.05, 4.69) is 0 Å². The zero-order chi connectivity index (χ0) is 9.30. The van der Waals surface area contributed by atoms with Crippen LogP contribution in [-0.4, -0.2) is 17.7 Å². The van der Waals surface area contributed by atoms with Crippen molar-refractivity contribution in [3.05, 3.63) is 11.8 Å². The average molecular weight is 170 g/mol. The molecule has 1 aromatic heterocycles. The van der Waals surface area contributed by atoms with Crippen molar-refractivity contribution >= 4 is 5.91 Å². The molecule has 0 aliphatic rings. The number of carbonyl (C=O) groups is 1. The lowest BCUT2D eigenvalue weighted by Crippen LogP contribution is -2.38. The van der Waals surface area contributed by atoms with Crippen molar-refractivity contribution in [3.63, 3.8) is 0 Å². The molecule has 0 unspecified atom stereocenters. The number of nitrogens with zero attached hydrogens (tertiary/aromatic N) is 2. The van der Waals surface area contributed by atoms with Crippen LogP contribution in [0.4, 0.5) is 0 Å². The molecule has 0 radical (unpaired) electrons. The molecule has 0 bridgehead atoms. The summed E-state index contributed by atoms with van der Waals surface area (Å²) in [6, 6.07) is 0. The summed E-state index contributed by atoms with van der Waals surface area (Å²) in [6.07, 6.45) is 1.63. The number of aryl methyl sites for hydroxylation is 1. The van der Waals surface area contributed by atoms with Gasteiger partial charge in [0.15, 0.2) is 12.6 Å². The molecule has 0 fully saturated rings. The lowest BCUT2D eigenvalue weighted by Gasteiger charge is -1.92. The highest BCUT2D eigenvalue weighted by Crippen LogP contribution is 2.10. The third kappa shape index (κ3) is 1.13. The van der Waals surface area contributed by atoms with Crippen LogP contribution in [-0.2, 0) is 14.1 Å². The highest BCUT2D eigenvalue weighted by molar-refractivity contribution is 5.94. The molecule has 1 heterocycles. The van der Waals surface area contributed by atoms with E-state index in [1.54, 1.807) is 29.7 Å². The van der Waals surface area contributed by atoms with E-state index in [4.69, 9.17) is 10.5 Å². The van der Waals surface area contributed by atoms with E-state index in [-0.39, 0.29) is 0 Å². The van der Waals surface area contributed by atoms with Gasteiger partial charge in [-0.2, -0.15) is 4.68 Å². The molecule has 0 aromatic carbocycles. The number of methoxy groups -OCH3 is 1. The molecule has 0 spiro atoms. The molecule has 1 rings (SSSR count). The number of nitrogens with two attached hydrogens (primary N) is 1. The van der Waals surface area contributed by atoms with Crippen LogP contribution in [0.25, 0.3) is 0 Å². The predicted octanol–water partition coefficient (Wildman–Crippen LogP) is -1.04. The molecule has 1 aromatic rings. The molecule has 5 heteroatoms. The lowest BCUT2D eigenvalue weighted by atomic mass is 10.3. The van der Waals surface area contributed by atoms with Gasteiger partial charge in [-0.1, -0.05) is 4.68 Å². The zero-order valence-electron chi connectivity index (χ0n) is 7.37. The van der Waals surface area contributed by atoms with Gasteiger partial charge < -0.3 is 10.5 Å². The van der Waals surface area contributed by atoms with Crippen LogP contribution in [0.1, 0.15) is 10.4 Å². The zero-order valence-corrected chi connectivity index (χ0v) is 7.37. The molecule has 2 N–H and O–H groups in total. The highest BCUT2D eigenvalue weighted by atomic mass is 16.5. The molecular formula is C7H12N3O2+. The van der Waals surface area contributed by atoms with Crippen molar-refractivity contribution < 1.29 is 14.2 Å². The van der Waals surface area contributed by atoms with E-state index in [1.165, 1.54) is 7.11 Å². The first kappa shape index (κ1) is 8.58. The van der Waals surface area contributed by atoms with Crippen LogP contribution in [0, 0.1) is 0 Å². The number of primary amides is 1. The van der Waals surface area contributed by atoms with Crippen LogP contribution < -0.4 is 15.2 Å². The maximum atomic E-state index is 10.9. The number of ether oxygens (including phenoxy) is 1. The fraction of sp³-hybridized carbons (Fsp3) is 0.429. The Balaban J connectivity index is 3.29. The minimum absolute atomic E-state index is 0.391. The molecule has 5 nitrogen and oxygen atoms in total. The molecule has 66 valence electrons. The molecule has 0 aliphatic carbocycles. The second kappa shape index (κ2) is 2.84.